The number of nitrogens with zero attached hydrogens (tertiary/aromatic N) is 4. The molecule has 0 amide bonds. The van der Waals surface area contributed by atoms with Gasteiger partial charge in [0.25, 0.3) is 5.56 Å². The molecular weight excluding hydrogens is 314 g/mol. The lowest BCUT2D eigenvalue weighted by Crippen LogP contribution is -2.18. The summed E-state index contributed by atoms with van der Waals surface area (Å²) >= 11 is 4.85. The summed E-state index contributed by atoms with van der Waals surface area (Å²) in [5.74, 6) is -0.689. The number of nitro groups is 1. The average molecular weight is 323 g/mol. The maximum atomic E-state index is 11.5. The molecule has 0 saturated heterocycles. The highest BCUT2D eigenvalue weighted by atomic mass is 32.1. The van der Waals surface area contributed by atoms with Crippen LogP contribution in [0.3, 0.4) is 0 Å². The van der Waals surface area contributed by atoms with Crippen molar-refractivity contribution in [1.82, 2.24) is 14.9 Å². The zero-order valence-electron chi connectivity index (χ0n) is 11.1. The maximum Gasteiger partial charge on any atom is 0.315 e. The van der Waals surface area contributed by atoms with E-state index < -0.39 is 21.9 Å². The Balaban J connectivity index is 2.52. The van der Waals surface area contributed by atoms with Gasteiger partial charge in [-0.05, 0) is 18.3 Å². The highest BCUT2D eigenvalue weighted by Crippen LogP contribution is 2.36. The highest BCUT2D eigenvalue weighted by molar-refractivity contribution is 7.71. The molecule has 11 heteroatoms. The zero-order valence-corrected chi connectivity index (χ0v) is 11.9. The standard InChI is InChI=1S/C11H9N5O5S/c1-21-8-3-6(2-7(10(8)18)16(19)20)4-13-15-9(17)5-12-14-11(15)22/h2-5,18H,1H3,(H,14,22)/b13-4-. The van der Waals surface area contributed by atoms with Crippen LogP contribution in [-0.2, 0) is 0 Å². The lowest BCUT2D eigenvalue weighted by atomic mass is 10.2. The Hall–Kier alpha value is -3.08. The molecule has 2 rings (SSSR count). The zero-order chi connectivity index (χ0) is 16.3. The van der Waals surface area contributed by atoms with Gasteiger partial charge in [0, 0.05) is 11.6 Å². The molecule has 22 heavy (non-hydrogen) atoms. The number of hydrogen-bond acceptors (Lipinski definition) is 8. The number of nitrogens with one attached hydrogen (secondary N) is 1. The summed E-state index contributed by atoms with van der Waals surface area (Å²) in [4.78, 5) is 21.7. The largest absolute Gasteiger partial charge is 0.500 e. The number of H-pyrrole nitrogens is 1. The Morgan fingerprint density at radius 3 is 2.91 bits per heavy atom. The van der Waals surface area contributed by atoms with E-state index in [0.29, 0.717) is 0 Å². The third-order valence-electron chi connectivity index (χ3n) is 2.55. The average Bonchev–Trinajstić information content (AvgIpc) is 2.47. The Morgan fingerprint density at radius 1 is 1.59 bits per heavy atom. The van der Waals surface area contributed by atoms with Crippen molar-refractivity contribution in [1.29, 1.82) is 0 Å². The van der Waals surface area contributed by atoms with Crippen molar-refractivity contribution < 1.29 is 14.8 Å². The Morgan fingerprint density at radius 2 is 2.32 bits per heavy atom. The van der Waals surface area contributed by atoms with Gasteiger partial charge in [0.15, 0.2) is 5.75 Å². The fourth-order valence-corrected chi connectivity index (χ4v) is 1.75. The number of aromatic nitrogens is 3. The van der Waals surface area contributed by atoms with E-state index in [-0.39, 0.29) is 16.1 Å². The first-order chi connectivity index (χ1) is 10.4. The van der Waals surface area contributed by atoms with E-state index in [1.807, 2.05) is 0 Å². The number of benzene rings is 1. The number of ether oxygens (including phenoxy) is 1. The molecule has 0 spiro atoms. The van der Waals surface area contributed by atoms with Crippen LogP contribution >= 0.6 is 12.2 Å². The van der Waals surface area contributed by atoms with Crippen LogP contribution in [0.15, 0.2) is 28.2 Å². The molecule has 0 fully saturated rings. The van der Waals surface area contributed by atoms with Crippen LogP contribution in [0.4, 0.5) is 5.69 Å². The van der Waals surface area contributed by atoms with Gasteiger partial charge in [-0.1, -0.05) is 0 Å². The summed E-state index contributed by atoms with van der Waals surface area (Å²) in [7, 11) is 1.25. The second-order valence-corrected chi connectivity index (χ2v) is 4.30. The quantitative estimate of drug-likeness (QED) is 0.367. The number of aromatic hydroxyl groups is 1. The van der Waals surface area contributed by atoms with Crippen molar-refractivity contribution in [3.63, 3.8) is 0 Å². The van der Waals surface area contributed by atoms with E-state index in [2.05, 4.69) is 15.3 Å². The van der Waals surface area contributed by atoms with Crippen molar-refractivity contribution >= 4 is 24.1 Å². The first-order valence-corrected chi connectivity index (χ1v) is 6.11. The molecule has 0 aliphatic carbocycles. The van der Waals surface area contributed by atoms with Gasteiger partial charge in [-0.3, -0.25) is 20.0 Å². The summed E-state index contributed by atoms with van der Waals surface area (Å²) in [6.07, 6.45) is 2.15. The van der Waals surface area contributed by atoms with Gasteiger partial charge >= 0.3 is 5.69 Å². The van der Waals surface area contributed by atoms with Gasteiger partial charge in [-0.25, -0.2) is 0 Å². The minimum Gasteiger partial charge on any atom is -0.500 e. The second kappa shape index (κ2) is 6.13. The number of aromatic amines is 1. The van der Waals surface area contributed by atoms with Gasteiger partial charge in [-0.2, -0.15) is 14.9 Å². The fourth-order valence-electron chi connectivity index (χ4n) is 1.56. The SMILES string of the molecule is COc1cc(/C=N\n2c(=O)cn[nH]c2=S)cc([N+](=O)[O-])c1O. The van der Waals surface area contributed by atoms with Crippen LogP contribution in [0.5, 0.6) is 11.5 Å². The smallest absolute Gasteiger partial charge is 0.315 e. The van der Waals surface area contributed by atoms with E-state index in [4.69, 9.17) is 17.0 Å². The maximum absolute atomic E-state index is 11.5. The Kier molecular flexibility index (Phi) is 4.27. The van der Waals surface area contributed by atoms with Crippen molar-refractivity contribution in [2.45, 2.75) is 0 Å². The Labute approximate surface area is 127 Å². The molecule has 2 N–H and O–H groups in total. The van der Waals surface area contributed by atoms with E-state index in [1.165, 1.54) is 19.4 Å². The molecule has 0 bridgehead atoms. The number of hydrogen-bond donors (Lipinski definition) is 2. The van der Waals surface area contributed by atoms with Crippen LogP contribution in [0.25, 0.3) is 0 Å². The molecule has 2 aromatic rings. The van der Waals surface area contributed by atoms with Crippen molar-refractivity contribution in [2.24, 2.45) is 5.10 Å². The number of rotatable bonds is 4. The topological polar surface area (TPSA) is 136 Å². The summed E-state index contributed by atoms with van der Waals surface area (Å²) in [5.41, 5.74) is -0.882. The molecule has 10 nitrogen and oxygen atoms in total. The summed E-state index contributed by atoms with van der Waals surface area (Å²) < 4.78 is 5.67. The van der Waals surface area contributed by atoms with Crippen LogP contribution in [0.1, 0.15) is 5.56 Å². The molecule has 1 aromatic heterocycles. The fraction of sp³-hybridized carbons (Fsp3) is 0.0909. The third kappa shape index (κ3) is 2.98. The summed E-state index contributed by atoms with van der Waals surface area (Å²) in [6.45, 7) is 0. The molecule has 1 heterocycles. The van der Waals surface area contributed by atoms with E-state index in [1.54, 1.807) is 0 Å². The molecule has 0 radical (unpaired) electrons. The molecule has 0 atom stereocenters. The minimum atomic E-state index is -0.764. The molecule has 0 aliphatic heterocycles. The molecule has 0 saturated carbocycles. The number of phenols is 1. The Bertz CT molecular complexity index is 844. The van der Waals surface area contributed by atoms with E-state index in [9.17, 15) is 20.0 Å². The molecule has 1 aromatic carbocycles. The van der Waals surface area contributed by atoms with Crippen LogP contribution in [0, 0.1) is 14.9 Å². The van der Waals surface area contributed by atoms with Gasteiger partial charge < -0.3 is 9.84 Å². The van der Waals surface area contributed by atoms with Crippen LogP contribution in [-0.4, -0.2) is 38.2 Å². The third-order valence-corrected chi connectivity index (χ3v) is 2.82. The van der Waals surface area contributed by atoms with Crippen LogP contribution < -0.4 is 10.3 Å². The lowest BCUT2D eigenvalue weighted by molar-refractivity contribution is -0.386. The molecule has 0 aliphatic rings. The predicted octanol–water partition coefficient (Wildman–Crippen LogP) is 0.805. The minimum absolute atomic E-state index is 0.0380. The molecular formula is C11H9N5O5S. The highest BCUT2D eigenvalue weighted by Gasteiger charge is 2.19. The summed E-state index contributed by atoms with van der Waals surface area (Å²) in [5, 5.41) is 30.2. The first kappa shape index (κ1) is 15.3. The predicted molar refractivity (Wildman–Crippen MR) is 78.0 cm³/mol. The van der Waals surface area contributed by atoms with Gasteiger partial charge in [0.05, 0.1) is 18.2 Å². The molecule has 114 valence electrons. The second-order valence-electron chi connectivity index (χ2n) is 3.92. The van der Waals surface area contributed by atoms with Crippen LogP contribution in [0.2, 0.25) is 0 Å². The molecule has 0 unspecified atom stereocenters. The first-order valence-electron chi connectivity index (χ1n) is 5.70. The number of phenolic OH excluding ortho intramolecular Hbond substituents is 1. The lowest BCUT2D eigenvalue weighted by Gasteiger charge is -2.05. The van der Waals surface area contributed by atoms with Crippen molar-refractivity contribution in [2.75, 3.05) is 7.11 Å². The van der Waals surface area contributed by atoms with E-state index in [0.717, 1.165) is 16.9 Å². The monoisotopic (exact) mass is 323 g/mol. The number of nitro benzene ring substituents is 1. The normalized spacial score (nSPS) is 10.8. The van der Waals surface area contributed by atoms with Crippen molar-refractivity contribution in [3.05, 3.63) is 49.1 Å². The number of methoxy groups -OCH3 is 1. The van der Waals surface area contributed by atoms with Gasteiger partial charge in [-0.15, -0.1) is 0 Å². The van der Waals surface area contributed by atoms with Gasteiger partial charge in [0.1, 0.15) is 6.20 Å². The van der Waals surface area contributed by atoms with E-state index >= 15 is 0 Å². The van der Waals surface area contributed by atoms with Gasteiger partial charge in [0.2, 0.25) is 10.5 Å². The van der Waals surface area contributed by atoms with Crippen molar-refractivity contribution in [3.8, 4) is 11.5 Å². The summed E-state index contributed by atoms with van der Waals surface area (Å²) in [6, 6.07) is 2.41.